The van der Waals surface area contributed by atoms with Crippen molar-refractivity contribution in [3.8, 4) is 0 Å². The van der Waals surface area contributed by atoms with Crippen LogP contribution in [0.3, 0.4) is 0 Å². The molecule has 2 rings (SSSR count). The third-order valence-electron chi connectivity index (χ3n) is 4.25. The van der Waals surface area contributed by atoms with Crippen molar-refractivity contribution in [2.45, 2.75) is 49.7 Å². The quantitative estimate of drug-likeness (QED) is 0.849. The average molecular weight is 306 g/mol. The predicted octanol–water partition coefficient (Wildman–Crippen LogP) is 2.94. The third-order valence-corrected chi connectivity index (χ3v) is 5.47. The molecule has 3 unspecified atom stereocenters. The van der Waals surface area contributed by atoms with E-state index in [1.54, 1.807) is 11.8 Å². The molecule has 0 heterocycles. The highest BCUT2D eigenvalue weighted by Gasteiger charge is 2.26. The first-order valence-corrected chi connectivity index (χ1v) is 8.91. The van der Waals surface area contributed by atoms with Gasteiger partial charge in [-0.1, -0.05) is 43.2 Å². The Morgan fingerprint density at radius 2 is 2.05 bits per heavy atom. The van der Waals surface area contributed by atoms with Crippen molar-refractivity contribution >= 4 is 17.7 Å². The summed E-state index contributed by atoms with van der Waals surface area (Å²) in [6.07, 6.45) is 4.66. The summed E-state index contributed by atoms with van der Waals surface area (Å²) in [6.45, 7) is 2.67. The summed E-state index contributed by atoms with van der Waals surface area (Å²) in [5.74, 6) is 1.48. The number of hydrogen-bond donors (Lipinski definition) is 2. The molecule has 1 aliphatic carbocycles. The molecule has 1 aromatic carbocycles. The zero-order chi connectivity index (χ0) is 15.1. The van der Waals surface area contributed by atoms with E-state index in [1.807, 2.05) is 25.1 Å². The maximum atomic E-state index is 12.3. The maximum absolute atomic E-state index is 12.3. The summed E-state index contributed by atoms with van der Waals surface area (Å²) < 4.78 is 0. The number of amides is 1. The maximum Gasteiger partial charge on any atom is 0.233 e. The topological polar surface area (TPSA) is 55.1 Å². The van der Waals surface area contributed by atoms with E-state index >= 15 is 0 Å². The highest BCUT2D eigenvalue weighted by atomic mass is 32.2. The van der Waals surface area contributed by atoms with E-state index in [0.29, 0.717) is 12.5 Å². The zero-order valence-corrected chi connectivity index (χ0v) is 13.6. The van der Waals surface area contributed by atoms with Crippen LogP contribution in [-0.2, 0) is 10.5 Å². The number of rotatable bonds is 6. The van der Waals surface area contributed by atoms with Gasteiger partial charge in [0.1, 0.15) is 0 Å². The first-order chi connectivity index (χ1) is 10.2. The van der Waals surface area contributed by atoms with E-state index in [1.165, 1.54) is 18.4 Å². The molecule has 4 heteroatoms. The molecular weight excluding hydrogens is 280 g/mol. The Bertz CT molecular complexity index is 438. The molecule has 3 atom stereocenters. The van der Waals surface area contributed by atoms with Crippen LogP contribution >= 0.6 is 11.8 Å². The van der Waals surface area contributed by atoms with Gasteiger partial charge in [-0.2, -0.15) is 0 Å². The molecule has 0 bridgehead atoms. The molecule has 0 aromatic heterocycles. The second kappa shape index (κ2) is 8.44. The molecule has 0 radical (unpaired) electrons. The minimum absolute atomic E-state index is 0.0226. The van der Waals surface area contributed by atoms with Gasteiger partial charge in [-0.3, -0.25) is 4.79 Å². The standard InChI is InChI=1S/C17H26N2OS/c1-13(21-12-14-7-3-2-4-8-14)17(20)19-16-10-6-5-9-15(16)11-18/h2-4,7-8,13,15-16H,5-6,9-12,18H2,1H3,(H,19,20). The zero-order valence-electron chi connectivity index (χ0n) is 12.8. The Labute approximate surface area is 132 Å². The van der Waals surface area contributed by atoms with Crippen molar-refractivity contribution in [3.05, 3.63) is 35.9 Å². The van der Waals surface area contributed by atoms with Crippen molar-refractivity contribution < 1.29 is 4.79 Å². The Balaban J connectivity index is 1.79. The van der Waals surface area contributed by atoms with Gasteiger partial charge in [-0.15, -0.1) is 11.8 Å². The summed E-state index contributed by atoms with van der Waals surface area (Å²) in [7, 11) is 0. The van der Waals surface area contributed by atoms with E-state index in [-0.39, 0.29) is 17.2 Å². The second-order valence-electron chi connectivity index (χ2n) is 5.83. The van der Waals surface area contributed by atoms with Crippen molar-refractivity contribution in [3.63, 3.8) is 0 Å². The van der Waals surface area contributed by atoms with Gasteiger partial charge in [-0.25, -0.2) is 0 Å². The summed E-state index contributed by atoms with van der Waals surface area (Å²) in [6, 6.07) is 10.6. The monoisotopic (exact) mass is 306 g/mol. The van der Waals surface area contributed by atoms with Crippen molar-refractivity contribution in [2.24, 2.45) is 11.7 Å². The van der Waals surface area contributed by atoms with E-state index < -0.39 is 0 Å². The summed E-state index contributed by atoms with van der Waals surface area (Å²) in [4.78, 5) is 12.3. The van der Waals surface area contributed by atoms with E-state index in [0.717, 1.165) is 18.6 Å². The van der Waals surface area contributed by atoms with Crippen molar-refractivity contribution in [1.29, 1.82) is 0 Å². The van der Waals surface area contributed by atoms with E-state index in [9.17, 15) is 4.79 Å². The molecule has 3 N–H and O–H groups in total. The van der Waals surface area contributed by atoms with Crippen LogP contribution in [-0.4, -0.2) is 23.7 Å². The number of nitrogens with two attached hydrogens (primary N) is 1. The third kappa shape index (κ3) is 5.04. The summed E-state index contributed by atoms with van der Waals surface area (Å²) in [5, 5.41) is 3.19. The molecule has 0 aliphatic heterocycles. The first-order valence-electron chi connectivity index (χ1n) is 7.86. The Morgan fingerprint density at radius 3 is 2.76 bits per heavy atom. The number of carbonyl (C=O) groups is 1. The van der Waals surface area contributed by atoms with Crippen LogP contribution in [0.5, 0.6) is 0 Å². The molecule has 3 nitrogen and oxygen atoms in total. The van der Waals surface area contributed by atoms with Crippen LogP contribution in [0.2, 0.25) is 0 Å². The van der Waals surface area contributed by atoms with Crippen molar-refractivity contribution in [2.75, 3.05) is 6.54 Å². The summed E-state index contributed by atoms with van der Waals surface area (Å²) in [5.41, 5.74) is 7.09. The van der Waals surface area contributed by atoms with Crippen LogP contribution < -0.4 is 11.1 Å². The SMILES string of the molecule is CC(SCc1ccccc1)C(=O)NC1CCCCC1CN. The van der Waals surface area contributed by atoms with Gasteiger partial charge >= 0.3 is 0 Å². The van der Waals surface area contributed by atoms with Crippen LogP contribution in [0, 0.1) is 5.92 Å². The lowest BCUT2D eigenvalue weighted by Gasteiger charge is -2.32. The highest BCUT2D eigenvalue weighted by Crippen LogP contribution is 2.24. The molecule has 21 heavy (non-hydrogen) atoms. The number of benzene rings is 1. The fourth-order valence-corrected chi connectivity index (χ4v) is 3.71. The molecule has 1 aliphatic rings. The van der Waals surface area contributed by atoms with Gasteiger partial charge in [0.15, 0.2) is 0 Å². The molecule has 1 saturated carbocycles. The Kier molecular flexibility index (Phi) is 6.58. The molecule has 1 fully saturated rings. The smallest absolute Gasteiger partial charge is 0.233 e. The van der Waals surface area contributed by atoms with Crippen LogP contribution in [0.1, 0.15) is 38.2 Å². The highest BCUT2D eigenvalue weighted by molar-refractivity contribution is 7.99. The molecule has 1 aromatic rings. The number of hydrogen-bond acceptors (Lipinski definition) is 3. The molecule has 116 valence electrons. The first kappa shape index (κ1) is 16.4. The van der Waals surface area contributed by atoms with Crippen LogP contribution in [0.25, 0.3) is 0 Å². The minimum Gasteiger partial charge on any atom is -0.352 e. The van der Waals surface area contributed by atoms with Gasteiger partial charge in [0.05, 0.1) is 5.25 Å². The second-order valence-corrected chi connectivity index (χ2v) is 7.16. The van der Waals surface area contributed by atoms with Gasteiger partial charge in [0, 0.05) is 11.8 Å². The lowest BCUT2D eigenvalue weighted by molar-refractivity contribution is -0.121. The lowest BCUT2D eigenvalue weighted by Crippen LogP contribution is -2.47. The fourth-order valence-electron chi connectivity index (χ4n) is 2.85. The van der Waals surface area contributed by atoms with Crippen LogP contribution in [0.4, 0.5) is 0 Å². The summed E-state index contributed by atoms with van der Waals surface area (Å²) >= 11 is 1.69. The Hall–Kier alpha value is -1.00. The normalized spacial score (nSPS) is 23.5. The van der Waals surface area contributed by atoms with E-state index in [2.05, 4.69) is 17.4 Å². The lowest BCUT2D eigenvalue weighted by atomic mass is 9.84. The van der Waals surface area contributed by atoms with Crippen molar-refractivity contribution in [1.82, 2.24) is 5.32 Å². The van der Waals surface area contributed by atoms with E-state index in [4.69, 9.17) is 5.73 Å². The van der Waals surface area contributed by atoms with Gasteiger partial charge in [0.25, 0.3) is 0 Å². The molecule has 0 saturated heterocycles. The number of thioether (sulfide) groups is 1. The average Bonchev–Trinajstić information content (AvgIpc) is 2.54. The van der Waals surface area contributed by atoms with Gasteiger partial charge in [0.2, 0.25) is 5.91 Å². The minimum atomic E-state index is -0.0226. The fraction of sp³-hybridized carbons (Fsp3) is 0.588. The Morgan fingerprint density at radius 1 is 1.33 bits per heavy atom. The predicted molar refractivity (Wildman–Crippen MR) is 90.1 cm³/mol. The molecule has 1 amide bonds. The number of carbonyl (C=O) groups excluding carboxylic acids is 1. The largest absolute Gasteiger partial charge is 0.352 e. The van der Waals surface area contributed by atoms with Gasteiger partial charge < -0.3 is 11.1 Å². The number of nitrogens with one attached hydrogen (secondary N) is 1. The molecular formula is C17H26N2OS. The van der Waals surface area contributed by atoms with Gasteiger partial charge in [-0.05, 0) is 37.8 Å². The molecule has 0 spiro atoms. The van der Waals surface area contributed by atoms with Crippen LogP contribution in [0.15, 0.2) is 30.3 Å².